The highest BCUT2D eigenvalue weighted by Gasteiger charge is 2.26. The molecule has 3 rings (SSSR count). The Morgan fingerprint density at radius 2 is 1.96 bits per heavy atom. The summed E-state index contributed by atoms with van der Waals surface area (Å²) in [5.41, 5.74) is 0.617. The molecule has 1 aromatic carbocycles. The average Bonchev–Trinajstić information content (AvgIpc) is 2.58. The maximum atomic E-state index is 12.7. The number of ether oxygens (including phenoxy) is 1. The van der Waals surface area contributed by atoms with Gasteiger partial charge in [0.1, 0.15) is 0 Å². The number of piperidine rings is 1. The van der Waals surface area contributed by atoms with Gasteiger partial charge in [-0.2, -0.15) is 0 Å². The Labute approximate surface area is 147 Å². The largest absolute Gasteiger partial charge is 0.379 e. The van der Waals surface area contributed by atoms with Gasteiger partial charge in [-0.3, -0.25) is 9.69 Å². The number of hydrogen-bond donors (Lipinski definition) is 0. The summed E-state index contributed by atoms with van der Waals surface area (Å²) in [5, 5.41) is 0.909. The molecule has 0 aliphatic carbocycles. The number of carbonyl (C=O) groups is 1. The van der Waals surface area contributed by atoms with Gasteiger partial charge in [0.05, 0.1) is 23.3 Å². The summed E-state index contributed by atoms with van der Waals surface area (Å²) in [5.74, 6) is 0.587. The van der Waals surface area contributed by atoms with E-state index < -0.39 is 0 Å². The van der Waals surface area contributed by atoms with E-state index in [-0.39, 0.29) is 5.91 Å². The van der Waals surface area contributed by atoms with Crippen molar-refractivity contribution in [2.75, 3.05) is 45.9 Å². The first-order valence-corrected chi connectivity index (χ1v) is 8.93. The number of hydrogen-bond acceptors (Lipinski definition) is 3. The highest BCUT2D eigenvalue weighted by molar-refractivity contribution is 6.42. The van der Waals surface area contributed by atoms with Gasteiger partial charge in [0, 0.05) is 38.3 Å². The minimum Gasteiger partial charge on any atom is -0.379 e. The molecule has 0 radical (unpaired) electrons. The Kier molecular flexibility index (Phi) is 5.81. The van der Waals surface area contributed by atoms with Crippen molar-refractivity contribution < 1.29 is 9.53 Å². The number of likely N-dealkylation sites (tertiary alicyclic amines) is 1. The molecule has 1 atom stereocenters. The molecule has 0 N–H and O–H groups in total. The van der Waals surface area contributed by atoms with Gasteiger partial charge < -0.3 is 9.64 Å². The van der Waals surface area contributed by atoms with Crippen molar-refractivity contribution in [2.45, 2.75) is 12.8 Å². The van der Waals surface area contributed by atoms with E-state index in [4.69, 9.17) is 27.9 Å². The minimum absolute atomic E-state index is 0.0512. The average molecular weight is 357 g/mol. The molecule has 1 amide bonds. The summed E-state index contributed by atoms with van der Waals surface area (Å²) < 4.78 is 5.40. The van der Waals surface area contributed by atoms with Crippen molar-refractivity contribution in [3.05, 3.63) is 33.8 Å². The smallest absolute Gasteiger partial charge is 0.253 e. The van der Waals surface area contributed by atoms with Crippen LogP contribution in [-0.2, 0) is 4.74 Å². The van der Waals surface area contributed by atoms with E-state index in [0.717, 1.165) is 52.4 Å². The van der Waals surface area contributed by atoms with Gasteiger partial charge in [0.15, 0.2) is 0 Å². The molecule has 0 bridgehead atoms. The Balaban J connectivity index is 1.60. The van der Waals surface area contributed by atoms with Crippen LogP contribution in [0.15, 0.2) is 18.2 Å². The number of benzene rings is 1. The molecular weight excluding hydrogens is 335 g/mol. The van der Waals surface area contributed by atoms with Crippen LogP contribution < -0.4 is 0 Å². The third-order valence-corrected chi connectivity index (χ3v) is 5.33. The maximum absolute atomic E-state index is 12.7. The predicted octanol–water partition coefficient (Wildman–Crippen LogP) is 3.18. The summed E-state index contributed by atoms with van der Waals surface area (Å²) in [7, 11) is 0. The van der Waals surface area contributed by atoms with Crippen LogP contribution in [0.1, 0.15) is 23.2 Å². The monoisotopic (exact) mass is 356 g/mol. The van der Waals surface area contributed by atoms with Crippen LogP contribution in [0.2, 0.25) is 10.0 Å². The topological polar surface area (TPSA) is 32.8 Å². The fraction of sp³-hybridized carbons (Fsp3) is 0.588. The number of halogens is 2. The molecule has 2 aliphatic rings. The van der Waals surface area contributed by atoms with Gasteiger partial charge in [-0.1, -0.05) is 23.2 Å². The molecule has 2 saturated heterocycles. The maximum Gasteiger partial charge on any atom is 0.253 e. The third-order valence-electron chi connectivity index (χ3n) is 4.59. The number of nitrogens with zero attached hydrogens (tertiary/aromatic N) is 2. The molecule has 0 aromatic heterocycles. The molecule has 1 aromatic rings. The standard InChI is InChI=1S/C17H22Cl2N2O2/c18-15-4-3-14(10-16(15)19)17(22)21-5-1-2-13(12-21)11-20-6-8-23-9-7-20/h3-4,10,13H,1-2,5-9,11-12H2. The fourth-order valence-corrected chi connectivity index (χ4v) is 3.66. The summed E-state index contributed by atoms with van der Waals surface area (Å²) in [6, 6.07) is 5.10. The van der Waals surface area contributed by atoms with Gasteiger partial charge in [-0.25, -0.2) is 0 Å². The van der Waals surface area contributed by atoms with Gasteiger partial charge >= 0.3 is 0 Å². The highest BCUT2D eigenvalue weighted by atomic mass is 35.5. The lowest BCUT2D eigenvalue weighted by molar-refractivity contribution is 0.0224. The zero-order chi connectivity index (χ0) is 16.2. The predicted molar refractivity (Wildman–Crippen MR) is 92.3 cm³/mol. The quantitative estimate of drug-likeness (QED) is 0.833. The van der Waals surface area contributed by atoms with Crippen molar-refractivity contribution in [2.24, 2.45) is 5.92 Å². The first-order chi connectivity index (χ1) is 11.1. The Hall–Kier alpha value is -0.810. The normalized spacial score (nSPS) is 23.0. The number of morpholine rings is 1. The van der Waals surface area contributed by atoms with Crippen LogP contribution in [0.3, 0.4) is 0 Å². The Morgan fingerprint density at radius 1 is 1.17 bits per heavy atom. The van der Waals surface area contributed by atoms with Crippen LogP contribution in [0, 0.1) is 5.92 Å². The van der Waals surface area contributed by atoms with Crippen LogP contribution >= 0.6 is 23.2 Å². The van der Waals surface area contributed by atoms with E-state index in [2.05, 4.69) is 4.90 Å². The molecule has 2 aliphatic heterocycles. The van der Waals surface area contributed by atoms with Crippen molar-refractivity contribution >= 4 is 29.1 Å². The fourth-order valence-electron chi connectivity index (χ4n) is 3.36. The van der Waals surface area contributed by atoms with E-state index in [1.807, 2.05) is 4.90 Å². The van der Waals surface area contributed by atoms with Crippen molar-refractivity contribution in [3.8, 4) is 0 Å². The molecule has 2 heterocycles. The summed E-state index contributed by atoms with van der Waals surface area (Å²) >= 11 is 12.0. The molecule has 0 spiro atoms. The van der Waals surface area contributed by atoms with Crippen LogP contribution in [-0.4, -0.2) is 61.6 Å². The summed E-state index contributed by atoms with van der Waals surface area (Å²) in [6.45, 7) is 6.31. The van der Waals surface area contributed by atoms with E-state index in [1.165, 1.54) is 6.42 Å². The number of carbonyl (C=O) groups excluding carboxylic acids is 1. The van der Waals surface area contributed by atoms with E-state index in [9.17, 15) is 4.79 Å². The first kappa shape index (κ1) is 17.0. The van der Waals surface area contributed by atoms with Gasteiger partial charge in [0.2, 0.25) is 0 Å². The zero-order valence-corrected chi connectivity index (χ0v) is 14.7. The molecule has 126 valence electrons. The molecule has 1 unspecified atom stereocenters. The lowest BCUT2D eigenvalue weighted by Gasteiger charge is -2.36. The molecule has 0 saturated carbocycles. The number of amides is 1. The lowest BCUT2D eigenvalue weighted by Crippen LogP contribution is -2.46. The lowest BCUT2D eigenvalue weighted by atomic mass is 9.96. The van der Waals surface area contributed by atoms with E-state index >= 15 is 0 Å². The number of rotatable bonds is 3. The van der Waals surface area contributed by atoms with E-state index in [0.29, 0.717) is 21.5 Å². The minimum atomic E-state index is 0.0512. The van der Waals surface area contributed by atoms with Crippen molar-refractivity contribution in [3.63, 3.8) is 0 Å². The molecule has 4 nitrogen and oxygen atoms in total. The van der Waals surface area contributed by atoms with Gasteiger partial charge in [-0.15, -0.1) is 0 Å². The van der Waals surface area contributed by atoms with Crippen LogP contribution in [0.25, 0.3) is 0 Å². The SMILES string of the molecule is O=C(c1ccc(Cl)c(Cl)c1)N1CCCC(CN2CCOCC2)C1. The Bertz CT molecular complexity index is 562. The second-order valence-electron chi connectivity index (χ2n) is 6.30. The molecule has 6 heteroatoms. The molecule has 23 heavy (non-hydrogen) atoms. The van der Waals surface area contributed by atoms with Gasteiger partial charge in [0.25, 0.3) is 5.91 Å². The van der Waals surface area contributed by atoms with Gasteiger partial charge in [-0.05, 0) is 37.0 Å². The Morgan fingerprint density at radius 3 is 2.70 bits per heavy atom. The highest BCUT2D eigenvalue weighted by Crippen LogP contribution is 2.25. The van der Waals surface area contributed by atoms with Crippen LogP contribution in [0.5, 0.6) is 0 Å². The summed E-state index contributed by atoms with van der Waals surface area (Å²) in [4.78, 5) is 17.1. The molecule has 2 fully saturated rings. The summed E-state index contributed by atoms with van der Waals surface area (Å²) in [6.07, 6.45) is 2.24. The van der Waals surface area contributed by atoms with Crippen molar-refractivity contribution in [1.82, 2.24) is 9.80 Å². The van der Waals surface area contributed by atoms with Crippen molar-refractivity contribution in [1.29, 1.82) is 0 Å². The molecular formula is C17H22Cl2N2O2. The van der Waals surface area contributed by atoms with Crippen LogP contribution in [0.4, 0.5) is 0 Å². The van der Waals surface area contributed by atoms with E-state index in [1.54, 1.807) is 18.2 Å². The third kappa shape index (κ3) is 4.38. The zero-order valence-electron chi connectivity index (χ0n) is 13.1. The first-order valence-electron chi connectivity index (χ1n) is 8.18. The second kappa shape index (κ2) is 7.84. The second-order valence-corrected chi connectivity index (χ2v) is 7.12.